The molecule has 0 aromatic heterocycles. The van der Waals surface area contributed by atoms with E-state index in [9.17, 15) is 14.4 Å². The van der Waals surface area contributed by atoms with E-state index >= 15 is 0 Å². The molecule has 0 heterocycles. The summed E-state index contributed by atoms with van der Waals surface area (Å²) in [4.78, 5) is 37.9. The molecular weight excluding hydrogens is 901 g/mol. The lowest BCUT2D eigenvalue weighted by atomic mass is 10.1. The van der Waals surface area contributed by atoms with Crippen molar-refractivity contribution < 1.29 is 28.6 Å². The fourth-order valence-corrected chi connectivity index (χ4v) is 7.70. The van der Waals surface area contributed by atoms with Crippen LogP contribution in [0.4, 0.5) is 0 Å². The summed E-state index contributed by atoms with van der Waals surface area (Å²) >= 11 is 0. The van der Waals surface area contributed by atoms with E-state index in [1.165, 1.54) is 77.0 Å². The molecule has 0 spiro atoms. The van der Waals surface area contributed by atoms with E-state index in [4.69, 9.17) is 14.2 Å². The summed E-state index contributed by atoms with van der Waals surface area (Å²) in [7, 11) is 0. The van der Waals surface area contributed by atoms with Gasteiger partial charge in [0.15, 0.2) is 6.10 Å². The van der Waals surface area contributed by atoms with Gasteiger partial charge in [-0.15, -0.1) is 0 Å². The molecule has 412 valence electrons. The molecule has 0 aliphatic rings. The fourth-order valence-electron chi connectivity index (χ4n) is 7.70. The van der Waals surface area contributed by atoms with E-state index in [0.717, 1.165) is 128 Å². The Balaban J connectivity index is 4.26. The zero-order valence-corrected chi connectivity index (χ0v) is 47.1. The Morgan fingerprint density at radius 3 is 0.877 bits per heavy atom. The second kappa shape index (κ2) is 60.1. The van der Waals surface area contributed by atoms with E-state index in [1.54, 1.807) is 0 Å². The third-order valence-electron chi connectivity index (χ3n) is 12.1. The molecule has 1 unspecified atom stereocenters. The van der Waals surface area contributed by atoms with Crippen molar-refractivity contribution in [3.8, 4) is 0 Å². The monoisotopic (exact) mass is 1010 g/mol. The van der Waals surface area contributed by atoms with E-state index in [2.05, 4.69) is 154 Å². The molecule has 0 aromatic rings. The highest BCUT2D eigenvalue weighted by Crippen LogP contribution is 2.13. The Labute approximate surface area is 449 Å². The smallest absolute Gasteiger partial charge is 0.306 e. The lowest BCUT2D eigenvalue weighted by Gasteiger charge is -2.18. The van der Waals surface area contributed by atoms with Gasteiger partial charge in [-0.1, -0.05) is 244 Å². The van der Waals surface area contributed by atoms with Crippen molar-refractivity contribution >= 4 is 17.9 Å². The maximum atomic E-state index is 12.8. The van der Waals surface area contributed by atoms with E-state index in [1.807, 2.05) is 0 Å². The number of hydrogen-bond donors (Lipinski definition) is 0. The molecule has 6 heteroatoms. The van der Waals surface area contributed by atoms with Gasteiger partial charge < -0.3 is 14.2 Å². The summed E-state index contributed by atoms with van der Waals surface area (Å²) in [5.74, 6) is -0.963. The first-order chi connectivity index (χ1) is 36.0. The summed E-state index contributed by atoms with van der Waals surface area (Å²) in [6.07, 6.45) is 84.8. The number of carbonyl (C=O) groups is 3. The van der Waals surface area contributed by atoms with Crippen molar-refractivity contribution in [1.29, 1.82) is 0 Å². The Hall–Kier alpha value is -4.45. The second-order valence-corrected chi connectivity index (χ2v) is 19.2. The highest BCUT2D eigenvalue weighted by atomic mass is 16.6. The normalized spacial score (nSPS) is 13.1. The molecule has 0 amide bonds. The Bertz CT molecular complexity index is 1580. The van der Waals surface area contributed by atoms with Crippen LogP contribution in [0.3, 0.4) is 0 Å². The van der Waals surface area contributed by atoms with E-state index in [-0.39, 0.29) is 31.1 Å². The van der Waals surface area contributed by atoms with Gasteiger partial charge in [-0.25, -0.2) is 0 Å². The molecule has 1 atom stereocenters. The summed E-state index contributed by atoms with van der Waals surface area (Å²) in [5.41, 5.74) is 0. The number of carbonyl (C=O) groups excluding carboxylic acids is 3. The van der Waals surface area contributed by atoms with Gasteiger partial charge in [0.1, 0.15) is 13.2 Å². The fraction of sp³-hybridized carbons (Fsp3) is 0.627. The van der Waals surface area contributed by atoms with Crippen LogP contribution in [0.1, 0.15) is 252 Å². The molecule has 0 rings (SSSR count). The summed E-state index contributed by atoms with van der Waals surface area (Å²) < 4.78 is 16.7. The molecule has 0 fully saturated rings. The van der Waals surface area contributed by atoms with Crippen molar-refractivity contribution in [3.63, 3.8) is 0 Å². The molecule has 6 nitrogen and oxygen atoms in total. The number of hydrogen-bond acceptors (Lipinski definition) is 6. The number of unbranched alkanes of at least 4 members (excludes halogenated alkanes) is 19. The first-order valence-corrected chi connectivity index (χ1v) is 29.7. The first-order valence-electron chi connectivity index (χ1n) is 29.7. The van der Waals surface area contributed by atoms with E-state index < -0.39 is 6.10 Å². The van der Waals surface area contributed by atoms with Gasteiger partial charge >= 0.3 is 17.9 Å². The minimum absolute atomic E-state index is 0.0973. The largest absolute Gasteiger partial charge is 0.462 e. The average molecular weight is 1010 g/mol. The topological polar surface area (TPSA) is 78.9 Å². The minimum atomic E-state index is -0.800. The lowest BCUT2D eigenvalue weighted by molar-refractivity contribution is -0.167. The van der Waals surface area contributed by atoms with Crippen LogP contribution >= 0.6 is 0 Å². The van der Waals surface area contributed by atoms with Crippen molar-refractivity contribution in [3.05, 3.63) is 134 Å². The van der Waals surface area contributed by atoms with Gasteiger partial charge in [-0.3, -0.25) is 14.4 Å². The Kier molecular flexibility index (Phi) is 56.4. The number of rotatable bonds is 52. The van der Waals surface area contributed by atoms with Gasteiger partial charge in [0.2, 0.25) is 0 Å². The molecule has 0 aliphatic carbocycles. The van der Waals surface area contributed by atoms with Crippen LogP contribution in [0.25, 0.3) is 0 Å². The summed E-state index contributed by atoms with van der Waals surface area (Å²) in [6, 6.07) is 0. The third-order valence-corrected chi connectivity index (χ3v) is 12.1. The number of esters is 3. The Morgan fingerprint density at radius 1 is 0.288 bits per heavy atom. The zero-order valence-electron chi connectivity index (χ0n) is 47.1. The van der Waals surface area contributed by atoms with Gasteiger partial charge in [0.25, 0.3) is 0 Å². The van der Waals surface area contributed by atoms with Gasteiger partial charge in [-0.2, -0.15) is 0 Å². The summed E-state index contributed by atoms with van der Waals surface area (Å²) in [6.45, 7) is 6.42. The Morgan fingerprint density at radius 2 is 0.534 bits per heavy atom. The number of ether oxygens (including phenoxy) is 3. The van der Waals surface area contributed by atoms with Crippen LogP contribution < -0.4 is 0 Å². The molecule has 0 saturated carbocycles. The summed E-state index contributed by atoms with van der Waals surface area (Å²) in [5, 5.41) is 0. The lowest BCUT2D eigenvalue weighted by Crippen LogP contribution is -2.30. The van der Waals surface area contributed by atoms with Crippen molar-refractivity contribution in [2.75, 3.05) is 13.2 Å². The molecule has 0 saturated heterocycles. The van der Waals surface area contributed by atoms with E-state index in [0.29, 0.717) is 25.7 Å². The average Bonchev–Trinajstić information content (AvgIpc) is 3.39. The molecule has 0 aliphatic heterocycles. The predicted octanol–water partition coefficient (Wildman–Crippen LogP) is 20.2. The van der Waals surface area contributed by atoms with Crippen molar-refractivity contribution in [2.24, 2.45) is 0 Å². The van der Waals surface area contributed by atoms with Crippen molar-refractivity contribution in [1.82, 2.24) is 0 Å². The molecule has 73 heavy (non-hydrogen) atoms. The first kappa shape index (κ1) is 68.6. The zero-order chi connectivity index (χ0) is 52.9. The standard InChI is InChI=1S/C67H108O6/c1-4-7-10-13-16-18-20-22-24-25-26-27-28-29-30-31-32-33-34-35-36-37-38-39-40-41-43-44-46-48-51-54-57-60-66(69)72-63-64(62-71-65(68)59-56-53-50-15-12-9-6-3)73-67(70)61-58-55-52-49-47-45-42-23-21-19-17-14-11-8-5-2/h7,10,16,18,22-24,26-27,29-30,32-33,35-36,38-39,41-43,46,48,64H,4-6,8-9,11-15,17,19-21,25,28,31,34,37,40,44-45,47,49-63H2,1-3H3/b10-7-,18-16-,24-22-,27-26-,30-29-,33-32-,36-35-,39-38-,42-23-,43-41-,48-46-. The second-order valence-electron chi connectivity index (χ2n) is 19.2. The maximum absolute atomic E-state index is 12.8. The van der Waals surface area contributed by atoms with Gasteiger partial charge in [-0.05, 0) is 122 Å². The van der Waals surface area contributed by atoms with Crippen LogP contribution in [-0.4, -0.2) is 37.2 Å². The van der Waals surface area contributed by atoms with Crippen LogP contribution in [0.15, 0.2) is 134 Å². The van der Waals surface area contributed by atoms with Gasteiger partial charge in [0.05, 0.1) is 0 Å². The molecule has 0 bridgehead atoms. The van der Waals surface area contributed by atoms with Crippen molar-refractivity contribution in [2.45, 2.75) is 258 Å². The molecule has 0 radical (unpaired) electrons. The van der Waals surface area contributed by atoms with Crippen LogP contribution in [-0.2, 0) is 28.6 Å². The van der Waals surface area contributed by atoms with Crippen LogP contribution in [0, 0.1) is 0 Å². The predicted molar refractivity (Wildman–Crippen MR) is 316 cm³/mol. The molecule has 0 N–H and O–H groups in total. The SMILES string of the molecule is CC/C=C\C/C=C\C/C=C\C/C=C\C/C=C\C/C=C\C/C=C\C/C=C\C/C=C\C/C=C\CCCCC(=O)OCC(COC(=O)CCCCCCCCC)OC(=O)CCCCCCC/C=C\CCCCCCCC. The quantitative estimate of drug-likeness (QED) is 0.0261. The molecule has 0 aromatic carbocycles. The number of allylic oxidation sites excluding steroid dienone is 22. The third kappa shape index (κ3) is 58.3. The minimum Gasteiger partial charge on any atom is -0.462 e. The highest BCUT2D eigenvalue weighted by molar-refractivity contribution is 5.71. The van der Waals surface area contributed by atoms with Gasteiger partial charge in [0, 0.05) is 19.3 Å². The van der Waals surface area contributed by atoms with Crippen LogP contribution in [0.5, 0.6) is 0 Å². The van der Waals surface area contributed by atoms with Crippen LogP contribution in [0.2, 0.25) is 0 Å². The maximum Gasteiger partial charge on any atom is 0.306 e. The highest BCUT2D eigenvalue weighted by Gasteiger charge is 2.19. The molecular formula is C67H108O6.